The second kappa shape index (κ2) is 3.60. The Morgan fingerprint density at radius 2 is 1.90 bits per heavy atom. The van der Waals surface area contributed by atoms with Gasteiger partial charge in [0.1, 0.15) is 12.6 Å². The van der Waals surface area contributed by atoms with Gasteiger partial charge in [-0.25, -0.2) is 0 Å². The molecular formula is C8H16NO+. The number of hydrogen-bond donors (Lipinski definition) is 1. The van der Waals surface area contributed by atoms with Crippen LogP contribution in [0.4, 0.5) is 0 Å². The van der Waals surface area contributed by atoms with Crippen molar-refractivity contribution < 1.29 is 9.59 Å². The summed E-state index contributed by atoms with van der Waals surface area (Å²) in [6, 6.07) is 0. The number of nitrogens with zero attached hydrogens (tertiary/aromatic N) is 1. The normalized spacial score (nSPS) is 13.7. The molecule has 0 bridgehead atoms. The van der Waals surface area contributed by atoms with Gasteiger partial charge in [-0.3, -0.25) is 0 Å². The van der Waals surface area contributed by atoms with Gasteiger partial charge in [-0.1, -0.05) is 5.92 Å². The Morgan fingerprint density at radius 1 is 1.40 bits per heavy atom. The zero-order valence-electron chi connectivity index (χ0n) is 7.18. The van der Waals surface area contributed by atoms with Gasteiger partial charge in [-0.2, -0.15) is 0 Å². The summed E-state index contributed by atoms with van der Waals surface area (Å²) < 4.78 is 0.819. The molecule has 1 N–H and O–H groups in total. The van der Waals surface area contributed by atoms with Crippen LogP contribution in [0.3, 0.4) is 0 Å². The van der Waals surface area contributed by atoms with E-state index in [-0.39, 0.29) is 0 Å². The fourth-order valence-corrected chi connectivity index (χ4v) is 0.431. The van der Waals surface area contributed by atoms with Gasteiger partial charge in [0.15, 0.2) is 0 Å². The first-order chi connectivity index (χ1) is 4.42. The van der Waals surface area contributed by atoms with E-state index in [1.165, 1.54) is 0 Å². The monoisotopic (exact) mass is 142 g/mol. The van der Waals surface area contributed by atoms with Gasteiger partial charge in [-0.15, -0.1) is 0 Å². The molecule has 58 valence electrons. The van der Waals surface area contributed by atoms with Crippen LogP contribution in [0.1, 0.15) is 6.92 Å². The molecule has 0 fully saturated rings. The highest BCUT2D eigenvalue weighted by molar-refractivity contribution is 5.02. The van der Waals surface area contributed by atoms with Crippen LogP contribution < -0.4 is 0 Å². The van der Waals surface area contributed by atoms with E-state index < -0.39 is 6.10 Å². The molecule has 0 aliphatic rings. The van der Waals surface area contributed by atoms with E-state index in [1.54, 1.807) is 6.92 Å². The van der Waals surface area contributed by atoms with Crippen LogP contribution >= 0.6 is 0 Å². The van der Waals surface area contributed by atoms with Gasteiger partial charge in [-0.05, 0) is 12.8 Å². The number of aliphatic hydroxyl groups excluding tert-OH is 1. The lowest BCUT2D eigenvalue weighted by Gasteiger charge is -2.20. The van der Waals surface area contributed by atoms with Crippen LogP contribution in [0.2, 0.25) is 0 Å². The summed E-state index contributed by atoms with van der Waals surface area (Å²) in [5.74, 6) is 5.59. The highest BCUT2D eigenvalue weighted by Gasteiger charge is 2.01. The van der Waals surface area contributed by atoms with Gasteiger partial charge < -0.3 is 9.59 Å². The third-order valence-corrected chi connectivity index (χ3v) is 0.864. The summed E-state index contributed by atoms with van der Waals surface area (Å²) in [6.45, 7) is 2.45. The van der Waals surface area contributed by atoms with Gasteiger partial charge in [0.2, 0.25) is 0 Å². The predicted molar refractivity (Wildman–Crippen MR) is 42.4 cm³/mol. The highest BCUT2D eigenvalue weighted by Crippen LogP contribution is 1.86. The molecule has 0 aromatic rings. The number of quaternary nitrogens is 1. The molecule has 0 saturated carbocycles. The first-order valence-electron chi connectivity index (χ1n) is 3.39. The smallest absolute Gasteiger partial charge is 0.140 e. The second-order valence-corrected chi connectivity index (χ2v) is 3.45. The van der Waals surface area contributed by atoms with Gasteiger partial charge in [0, 0.05) is 0 Å². The molecule has 1 atom stereocenters. The Hall–Kier alpha value is -0.520. The molecule has 10 heavy (non-hydrogen) atoms. The van der Waals surface area contributed by atoms with Crippen molar-refractivity contribution in [3.63, 3.8) is 0 Å². The lowest BCUT2D eigenvalue weighted by atomic mass is 10.4. The number of aliphatic hydroxyl groups is 1. The Kier molecular flexibility index (Phi) is 3.41. The molecule has 0 aromatic heterocycles. The summed E-state index contributed by atoms with van der Waals surface area (Å²) in [6.07, 6.45) is -0.494. The van der Waals surface area contributed by atoms with Crippen LogP contribution in [0.15, 0.2) is 0 Å². The molecule has 0 aliphatic carbocycles. The van der Waals surface area contributed by atoms with Crippen LogP contribution in [-0.4, -0.2) is 43.4 Å². The third kappa shape index (κ3) is 7.48. The molecular weight excluding hydrogens is 126 g/mol. The molecule has 2 heteroatoms. The zero-order chi connectivity index (χ0) is 8.20. The lowest BCUT2D eigenvalue weighted by molar-refractivity contribution is -0.862. The SMILES string of the molecule is C[C@@H](O)C#CC[N+](C)(C)C. The highest BCUT2D eigenvalue weighted by atomic mass is 16.3. The Bertz CT molecular complexity index is 145. The fourth-order valence-electron chi connectivity index (χ4n) is 0.431. The van der Waals surface area contributed by atoms with E-state index in [0.717, 1.165) is 11.0 Å². The molecule has 0 heterocycles. The van der Waals surface area contributed by atoms with Crippen molar-refractivity contribution in [2.45, 2.75) is 13.0 Å². The summed E-state index contributed by atoms with van der Waals surface area (Å²) in [4.78, 5) is 0. The molecule has 0 aliphatic heterocycles. The quantitative estimate of drug-likeness (QED) is 0.406. The van der Waals surface area contributed by atoms with Crippen LogP contribution in [0, 0.1) is 11.8 Å². The van der Waals surface area contributed by atoms with Gasteiger partial charge in [0.05, 0.1) is 21.1 Å². The average molecular weight is 142 g/mol. The first-order valence-corrected chi connectivity index (χ1v) is 3.39. The van der Waals surface area contributed by atoms with E-state index in [9.17, 15) is 0 Å². The van der Waals surface area contributed by atoms with E-state index in [1.807, 2.05) is 0 Å². The maximum absolute atomic E-state index is 8.77. The van der Waals surface area contributed by atoms with E-state index in [0.29, 0.717) is 0 Å². The molecule has 0 saturated heterocycles. The summed E-state index contributed by atoms with van der Waals surface area (Å²) in [5, 5.41) is 8.77. The maximum atomic E-state index is 8.77. The summed E-state index contributed by atoms with van der Waals surface area (Å²) in [7, 11) is 6.20. The average Bonchev–Trinajstić information content (AvgIpc) is 1.59. The topological polar surface area (TPSA) is 20.2 Å². The lowest BCUT2D eigenvalue weighted by Crippen LogP contribution is -2.34. The maximum Gasteiger partial charge on any atom is 0.140 e. The zero-order valence-corrected chi connectivity index (χ0v) is 7.18. The van der Waals surface area contributed by atoms with Gasteiger partial charge in [0.25, 0.3) is 0 Å². The van der Waals surface area contributed by atoms with Crippen molar-refractivity contribution in [1.82, 2.24) is 0 Å². The number of rotatable bonds is 1. The standard InChI is InChI=1S/C8H16NO/c1-8(10)6-5-7-9(2,3)4/h8,10H,7H2,1-4H3/q+1/t8-/m1/s1. The van der Waals surface area contributed by atoms with E-state index in [4.69, 9.17) is 5.11 Å². The molecule has 0 spiro atoms. The van der Waals surface area contributed by atoms with Crippen molar-refractivity contribution in [3.8, 4) is 11.8 Å². The Morgan fingerprint density at radius 3 is 2.20 bits per heavy atom. The molecule has 0 unspecified atom stereocenters. The van der Waals surface area contributed by atoms with Crippen molar-refractivity contribution in [2.24, 2.45) is 0 Å². The number of hydrogen-bond acceptors (Lipinski definition) is 1. The van der Waals surface area contributed by atoms with Crippen LogP contribution in [0.25, 0.3) is 0 Å². The van der Waals surface area contributed by atoms with E-state index >= 15 is 0 Å². The van der Waals surface area contributed by atoms with Crippen molar-refractivity contribution in [3.05, 3.63) is 0 Å². The molecule has 0 radical (unpaired) electrons. The summed E-state index contributed by atoms with van der Waals surface area (Å²) in [5.41, 5.74) is 0. The molecule has 0 amide bonds. The predicted octanol–water partition coefficient (Wildman–Crippen LogP) is 0.0768. The van der Waals surface area contributed by atoms with E-state index in [2.05, 4.69) is 33.0 Å². The van der Waals surface area contributed by atoms with Crippen molar-refractivity contribution in [1.29, 1.82) is 0 Å². The summed E-state index contributed by atoms with van der Waals surface area (Å²) >= 11 is 0. The van der Waals surface area contributed by atoms with Crippen LogP contribution in [0.5, 0.6) is 0 Å². The fraction of sp³-hybridized carbons (Fsp3) is 0.750. The van der Waals surface area contributed by atoms with Crippen molar-refractivity contribution in [2.75, 3.05) is 27.7 Å². The Labute approximate surface area is 63.1 Å². The minimum atomic E-state index is -0.494. The minimum Gasteiger partial charge on any atom is -0.381 e. The third-order valence-electron chi connectivity index (χ3n) is 0.864. The molecule has 2 nitrogen and oxygen atoms in total. The van der Waals surface area contributed by atoms with Crippen molar-refractivity contribution >= 4 is 0 Å². The largest absolute Gasteiger partial charge is 0.381 e. The first kappa shape index (κ1) is 9.48. The molecule has 0 aromatic carbocycles. The van der Waals surface area contributed by atoms with Crippen LogP contribution in [-0.2, 0) is 0 Å². The minimum absolute atomic E-state index is 0.494. The van der Waals surface area contributed by atoms with Gasteiger partial charge >= 0.3 is 0 Å². The second-order valence-electron chi connectivity index (χ2n) is 3.45. The Balaban J connectivity index is 3.67. The molecule has 0 rings (SSSR count).